The quantitative estimate of drug-likeness (QED) is 0.782. The first-order valence-electron chi connectivity index (χ1n) is 6.64. The van der Waals surface area contributed by atoms with Crippen LogP contribution in [0.25, 0.3) is 0 Å². The molecule has 1 aliphatic carbocycles. The maximum Gasteiger partial charge on any atom is 0.341 e. The third-order valence-corrected chi connectivity index (χ3v) is 3.95. The summed E-state index contributed by atoms with van der Waals surface area (Å²) in [5.74, 6) is -2.98. The van der Waals surface area contributed by atoms with E-state index >= 15 is 0 Å². The molecule has 0 radical (unpaired) electrons. The second-order valence-electron chi connectivity index (χ2n) is 5.43. The van der Waals surface area contributed by atoms with Gasteiger partial charge in [-0.1, -0.05) is 12.1 Å². The molecule has 6 nitrogen and oxygen atoms in total. The summed E-state index contributed by atoms with van der Waals surface area (Å²) in [6.45, 7) is 0. The number of aliphatic hydroxyl groups is 1. The zero-order valence-electron chi connectivity index (χ0n) is 11.4. The van der Waals surface area contributed by atoms with Gasteiger partial charge in [-0.3, -0.25) is 4.79 Å². The number of nitrogens with one attached hydrogen (secondary N) is 1. The third kappa shape index (κ3) is 2.38. The highest BCUT2D eigenvalue weighted by Crippen LogP contribution is 2.45. The average Bonchev–Trinajstić information content (AvgIpc) is 3.14. The van der Waals surface area contributed by atoms with Gasteiger partial charge in [0.1, 0.15) is 5.82 Å². The molecule has 1 amide bonds. The number of hydrogen-bond acceptors (Lipinski definition) is 5. The molecule has 1 aromatic rings. The van der Waals surface area contributed by atoms with Crippen LogP contribution in [0.4, 0.5) is 4.39 Å². The van der Waals surface area contributed by atoms with Crippen LogP contribution in [-0.2, 0) is 20.0 Å². The maximum absolute atomic E-state index is 13.0. The highest BCUT2D eigenvalue weighted by atomic mass is 19.1. The number of hydroxylamine groups is 2. The lowest BCUT2D eigenvalue weighted by atomic mass is 10.0. The minimum atomic E-state index is -1.30. The standard InChI is InChI=1S/C14H15FN2O4/c1-17-12(19)10(13(20)21-17)11(18)16-14(6-7-14)8-2-4-9(15)5-3-8/h2-5,10,12,19H,6-7H2,1H3,(H,16,18). The topological polar surface area (TPSA) is 78.9 Å². The van der Waals surface area contributed by atoms with E-state index in [1.165, 1.54) is 19.2 Å². The molecule has 2 atom stereocenters. The number of halogens is 1. The van der Waals surface area contributed by atoms with E-state index in [0.29, 0.717) is 12.8 Å². The van der Waals surface area contributed by atoms with Crippen molar-refractivity contribution in [3.63, 3.8) is 0 Å². The van der Waals surface area contributed by atoms with Crippen LogP contribution in [0.3, 0.4) is 0 Å². The predicted octanol–water partition coefficient (Wildman–Crippen LogP) is 0.269. The molecule has 112 valence electrons. The van der Waals surface area contributed by atoms with Crippen molar-refractivity contribution in [3.8, 4) is 0 Å². The number of hydrogen-bond donors (Lipinski definition) is 2. The largest absolute Gasteiger partial charge is 0.374 e. The summed E-state index contributed by atoms with van der Waals surface area (Å²) in [4.78, 5) is 28.5. The Hall–Kier alpha value is -1.99. The fourth-order valence-electron chi connectivity index (χ4n) is 2.52. The Labute approximate surface area is 120 Å². The molecule has 2 N–H and O–H groups in total. The smallest absolute Gasteiger partial charge is 0.341 e. The summed E-state index contributed by atoms with van der Waals surface area (Å²) in [7, 11) is 1.38. The Morgan fingerprint density at radius 3 is 2.52 bits per heavy atom. The summed E-state index contributed by atoms with van der Waals surface area (Å²) in [6.07, 6.45) is 0.109. The number of carbonyl (C=O) groups excluding carboxylic acids is 2. The van der Waals surface area contributed by atoms with Crippen LogP contribution >= 0.6 is 0 Å². The molecular formula is C14H15FN2O4. The highest BCUT2D eigenvalue weighted by Gasteiger charge is 2.51. The summed E-state index contributed by atoms with van der Waals surface area (Å²) < 4.78 is 13.0. The van der Waals surface area contributed by atoms with Crippen LogP contribution in [0.5, 0.6) is 0 Å². The van der Waals surface area contributed by atoms with E-state index in [4.69, 9.17) is 4.84 Å². The SMILES string of the molecule is CN1OC(=O)C(C(=O)NC2(c3ccc(F)cc3)CC2)C1O. The Bertz CT molecular complexity index is 585. The lowest BCUT2D eigenvalue weighted by molar-refractivity contribution is -0.183. The van der Waals surface area contributed by atoms with Gasteiger partial charge >= 0.3 is 5.97 Å². The number of amides is 1. The van der Waals surface area contributed by atoms with Crippen molar-refractivity contribution >= 4 is 11.9 Å². The van der Waals surface area contributed by atoms with Gasteiger partial charge in [0.05, 0.1) is 5.54 Å². The molecule has 1 aliphatic heterocycles. The van der Waals surface area contributed by atoms with Gasteiger partial charge < -0.3 is 15.3 Å². The zero-order valence-corrected chi connectivity index (χ0v) is 11.4. The van der Waals surface area contributed by atoms with Crippen LogP contribution in [-0.4, -0.2) is 35.3 Å². The second kappa shape index (κ2) is 4.78. The summed E-state index contributed by atoms with van der Waals surface area (Å²) >= 11 is 0. The van der Waals surface area contributed by atoms with Crippen molar-refractivity contribution in [2.75, 3.05) is 7.05 Å². The zero-order chi connectivity index (χ0) is 15.2. The summed E-state index contributed by atoms with van der Waals surface area (Å²) in [5.41, 5.74) is 0.206. The average molecular weight is 294 g/mol. The molecule has 3 rings (SSSR count). The van der Waals surface area contributed by atoms with Crippen LogP contribution in [0.1, 0.15) is 18.4 Å². The van der Waals surface area contributed by atoms with E-state index in [-0.39, 0.29) is 5.82 Å². The predicted molar refractivity (Wildman–Crippen MR) is 68.8 cm³/mol. The lowest BCUT2D eigenvalue weighted by Crippen LogP contribution is -2.45. The molecular weight excluding hydrogens is 279 g/mol. The number of carbonyl (C=O) groups is 2. The molecule has 0 bridgehead atoms. The van der Waals surface area contributed by atoms with Crippen molar-refractivity contribution in [1.82, 2.24) is 10.4 Å². The molecule has 1 aromatic carbocycles. The van der Waals surface area contributed by atoms with Gasteiger partial charge in [-0.15, -0.1) is 5.06 Å². The van der Waals surface area contributed by atoms with E-state index in [1.54, 1.807) is 12.1 Å². The monoisotopic (exact) mass is 294 g/mol. The minimum Gasteiger partial charge on any atom is -0.374 e. The minimum absolute atomic E-state index is 0.350. The molecule has 2 aliphatic rings. The molecule has 21 heavy (non-hydrogen) atoms. The van der Waals surface area contributed by atoms with Crippen molar-refractivity contribution in [2.45, 2.75) is 24.6 Å². The second-order valence-corrected chi connectivity index (χ2v) is 5.43. The molecule has 2 fully saturated rings. The number of nitrogens with zero attached hydrogens (tertiary/aromatic N) is 1. The van der Waals surface area contributed by atoms with Gasteiger partial charge in [-0.2, -0.15) is 0 Å². The van der Waals surface area contributed by atoms with Gasteiger partial charge in [0.25, 0.3) is 0 Å². The van der Waals surface area contributed by atoms with Crippen LogP contribution in [0.15, 0.2) is 24.3 Å². The molecule has 1 saturated carbocycles. The van der Waals surface area contributed by atoms with Gasteiger partial charge in [-0.05, 0) is 30.5 Å². The Morgan fingerprint density at radius 1 is 1.43 bits per heavy atom. The van der Waals surface area contributed by atoms with E-state index in [1.807, 2.05) is 0 Å². The Balaban J connectivity index is 1.76. The van der Waals surface area contributed by atoms with E-state index < -0.39 is 29.6 Å². The van der Waals surface area contributed by atoms with Crippen LogP contribution in [0, 0.1) is 11.7 Å². The van der Waals surface area contributed by atoms with Crippen molar-refractivity contribution in [3.05, 3.63) is 35.6 Å². The summed E-state index contributed by atoms with van der Waals surface area (Å²) in [6, 6.07) is 5.87. The fourth-order valence-corrected chi connectivity index (χ4v) is 2.52. The molecule has 2 unspecified atom stereocenters. The van der Waals surface area contributed by atoms with Crippen LogP contribution < -0.4 is 5.32 Å². The number of rotatable bonds is 3. The number of benzene rings is 1. The molecule has 1 heterocycles. The number of aliphatic hydroxyl groups excluding tert-OH is 1. The lowest BCUT2D eigenvalue weighted by Gasteiger charge is -2.20. The maximum atomic E-state index is 13.0. The Morgan fingerprint density at radius 2 is 2.05 bits per heavy atom. The normalized spacial score (nSPS) is 27.3. The molecule has 1 saturated heterocycles. The molecule has 0 aromatic heterocycles. The van der Waals surface area contributed by atoms with Crippen molar-refractivity contribution in [1.29, 1.82) is 0 Å². The van der Waals surface area contributed by atoms with Gasteiger partial charge in [0, 0.05) is 7.05 Å². The first kappa shape index (κ1) is 14.0. The van der Waals surface area contributed by atoms with Gasteiger partial charge in [0.2, 0.25) is 5.91 Å². The van der Waals surface area contributed by atoms with Crippen molar-refractivity contribution < 1.29 is 23.9 Å². The van der Waals surface area contributed by atoms with Gasteiger partial charge in [-0.25, -0.2) is 9.18 Å². The molecule has 7 heteroatoms. The fraction of sp³-hybridized carbons (Fsp3) is 0.429. The van der Waals surface area contributed by atoms with Crippen molar-refractivity contribution in [2.24, 2.45) is 5.92 Å². The van der Waals surface area contributed by atoms with Gasteiger partial charge in [0.15, 0.2) is 12.1 Å². The third-order valence-electron chi connectivity index (χ3n) is 3.95. The van der Waals surface area contributed by atoms with Crippen LogP contribution in [0.2, 0.25) is 0 Å². The van der Waals surface area contributed by atoms with E-state index in [0.717, 1.165) is 10.6 Å². The van der Waals surface area contributed by atoms with E-state index in [2.05, 4.69) is 5.32 Å². The Kier molecular flexibility index (Phi) is 3.18. The summed E-state index contributed by atoms with van der Waals surface area (Å²) in [5, 5.41) is 13.5. The molecule has 0 spiro atoms. The first-order chi connectivity index (χ1) is 9.93. The highest BCUT2D eigenvalue weighted by molar-refractivity contribution is 5.99. The first-order valence-corrected chi connectivity index (χ1v) is 6.64. The van der Waals surface area contributed by atoms with E-state index in [9.17, 15) is 19.1 Å².